The molecule has 0 saturated heterocycles. The van der Waals surface area contributed by atoms with Crippen LogP contribution in [0.3, 0.4) is 0 Å². The summed E-state index contributed by atoms with van der Waals surface area (Å²) < 4.78 is 1.48. The second-order valence-electron chi connectivity index (χ2n) is 2.88. The van der Waals surface area contributed by atoms with E-state index in [0.29, 0.717) is 5.69 Å². The zero-order valence-corrected chi connectivity index (χ0v) is 7.19. The molecule has 2 N–H and O–H groups in total. The fourth-order valence-corrected chi connectivity index (χ4v) is 1.28. The van der Waals surface area contributed by atoms with E-state index in [4.69, 9.17) is 5.73 Å². The molecule has 0 aliphatic heterocycles. The zero-order chi connectivity index (χ0) is 9.42. The van der Waals surface area contributed by atoms with Gasteiger partial charge in [0.25, 0.3) is 0 Å². The summed E-state index contributed by atoms with van der Waals surface area (Å²) in [5, 5.41) is 0. The minimum absolute atomic E-state index is 0.0619. The second kappa shape index (κ2) is 2.58. The Bertz CT molecular complexity index is 473. The van der Waals surface area contributed by atoms with Crippen molar-refractivity contribution in [2.75, 3.05) is 5.73 Å². The smallest absolute Gasteiger partial charge is 0.229 e. The molecule has 0 unspecified atom stereocenters. The Balaban J connectivity index is 2.79. The number of benzene rings is 1. The van der Waals surface area contributed by atoms with Crippen LogP contribution in [0.1, 0.15) is 11.7 Å². The number of imidazole rings is 1. The van der Waals surface area contributed by atoms with Gasteiger partial charge in [0.1, 0.15) is 6.33 Å². The quantitative estimate of drug-likeness (QED) is 0.613. The highest BCUT2D eigenvalue weighted by Crippen LogP contribution is 2.15. The summed E-state index contributed by atoms with van der Waals surface area (Å²) in [6.45, 7) is 1.49. The summed E-state index contributed by atoms with van der Waals surface area (Å²) in [4.78, 5) is 15.2. The van der Waals surface area contributed by atoms with E-state index in [1.807, 2.05) is 0 Å². The van der Waals surface area contributed by atoms with Crippen LogP contribution in [0.5, 0.6) is 0 Å². The van der Waals surface area contributed by atoms with Gasteiger partial charge in [-0.15, -0.1) is 0 Å². The van der Waals surface area contributed by atoms with Gasteiger partial charge in [-0.2, -0.15) is 0 Å². The fourth-order valence-electron chi connectivity index (χ4n) is 1.28. The molecular weight excluding hydrogens is 166 g/mol. The van der Waals surface area contributed by atoms with Gasteiger partial charge >= 0.3 is 0 Å². The highest BCUT2D eigenvalue weighted by atomic mass is 16.1. The molecule has 4 nitrogen and oxygen atoms in total. The van der Waals surface area contributed by atoms with Gasteiger partial charge in [-0.25, -0.2) is 4.98 Å². The summed E-state index contributed by atoms with van der Waals surface area (Å²) >= 11 is 0. The van der Waals surface area contributed by atoms with Gasteiger partial charge in [0, 0.05) is 12.6 Å². The second-order valence-corrected chi connectivity index (χ2v) is 2.88. The van der Waals surface area contributed by atoms with Crippen molar-refractivity contribution in [2.24, 2.45) is 0 Å². The molecule has 1 aromatic heterocycles. The topological polar surface area (TPSA) is 60.9 Å². The number of carbonyl (C=O) groups is 1. The zero-order valence-electron chi connectivity index (χ0n) is 7.19. The number of rotatable bonds is 0. The predicted molar refractivity (Wildman–Crippen MR) is 50.4 cm³/mol. The highest BCUT2D eigenvalue weighted by Gasteiger charge is 2.04. The largest absolute Gasteiger partial charge is 0.399 e. The van der Waals surface area contributed by atoms with Gasteiger partial charge in [0.2, 0.25) is 5.91 Å². The fraction of sp³-hybridized carbons (Fsp3) is 0.111. The molecule has 66 valence electrons. The van der Waals surface area contributed by atoms with Crippen LogP contribution in [0.25, 0.3) is 11.0 Å². The van der Waals surface area contributed by atoms with Crippen LogP contribution in [0, 0.1) is 0 Å². The number of carbonyl (C=O) groups excluding carboxylic acids is 1. The Hall–Kier alpha value is -1.84. The molecule has 0 saturated carbocycles. The summed E-state index contributed by atoms with van der Waals surface area (Å²) in [7, 11) is 0. The Morgan fingerprint density at radius 1 is 1.54 bits per heavy atom. The number of anilines is 1. The molecular formula is C9H9N3O. The maximum atomic E-state index is 11.1. The normalized spacial score (nSPS) is 10.5. The van der Waals surface area contributed by atoms with Crippen LogP contribution in [-0.2, 0) is 0 Å². The third-order valence-corrected chi connectivity index (χ3v) is 1.91. The summed E-state index contributed by atoms with van der Waals surface area (Å²) in [6, 6.07) is 5.30. The van der Waals surface area contributed by atoms with Crippen molar-refractivity contribution < 1.29 is 4.79 Å². The molecule has 0 amide bonds. The Kier molecular flexibility index (Phi) is 1.55. The lowest BCUT2D eigenvalue weighted by molar-refractivity contribution is 0.0941. The highest BCUT2D eigenvalue weighted by molar-refractivity contribution is 5.90. The van der Waals surface area contributed by atoms with Crippen molar-refractivity contribution in [3.63, 3.8) is 0 Å². The first-order valence-corrected chi connectivity index (χ1v) is 3.92. The van der Waals surface area contributed by atoms with Crippen molar-refractivity contribution >= 4 is 22.6 Å². The number of aromatic nitrogens is 2. The van der Waals surface area contributed by atoms with Crippen LogP contribution in [-0.4, -0.2) is 15.5 Å². The lowest BCUT2D eigenvalue weighted by Gasteiger charge is -1.97. The Morgan fingerprint density at radius 3 is 3.00 bits per heavy atom. The number of nitrogens with zero attached hydrogens (tertiary/aromatic N) is 2. The Morgan fingerprint density at radius 2 is 2.31 bits per heavy atom. The molecule has 0 radical (unpaired) electrons. The first-order chi connectivity index (χ1) is 6.18. The van der Waals surface area contributed by atoms with Crippen LogP contribution in [0.4, 0.5) is 5.69 Å². The van der Waals surface area contributed by atoms with E-state index in [1.54, 1.807) is 18.2 Å². The molecule has 0 atom stereocenters. The van der Waals surface area contributed by atoms with Crippen molar-refractivity contribution in [1.82, 2.24) is 9.55 Å². The molecule has 2 rings (SSSR count). The predicted octanol–water partition coefficient (Wildman–Crippen LogP) is 1.28. The number of hydrogen-bond donors (Lipinski definition) is 1. The van der Waals surface area contributed by atoms with Gasteiger partial charge in [0.05, 0.1) is 11.0 Å². The van der Waals surface area contributed by atoms with E-state index >= 15 is 0 Å². The molecule has 4 heteroatoms. The summed E-state index contributed by atoms with van der Waals surface area (Å²) in [5.41, 5.74) is 7.77. The van der Waals surface area contributed by atoms with Gasteiger partial charge in [-0.3, -0.25) is 9.36 Å². The van der Waals surface area contributed by atoms with Crippen molar-refractivity contribution in [3.8, 4) is 0 Å². The van der Waals surface area contributed by atoms with Gasteiger partial charge < -0.3 is 5.73 Å². The molecule has 0 aliphatic rings. The average molecular weight is 175 g/mol. The number of nitrogens with two attached hydrogens (primary N) is 1. The van der Waals surface area contributed by atoms with Crippen LogP contribution in [0.15, 0.2) is 24.5 Å². The van der Waals surface area contributed by atoms with Crippen molar-refractivity contribution in [2.45, 2.75) is 6.92 Å². The van der Waals surface area contributed by atoms with Gasteiger partial charge in [-0.05, 0) is 18.2 Å². The monoisotopic (exact) mass is 175 g/mol. The molecule has 13 heavy (non-hydrogen) atoms. The van der Waals surface area contributed by atoms with E-state index in [-0.39, 0.29) is 5.91 Å². The van der Waals surface area contributed by atoms with E-state index in [1.165, 1.54) is 17.8 Å². The van der Waals surface area contributed by atoms with E-state index in [2.05, 4.69) is 4.98 Å². The average Bonchev–Trinajstić information content (AvgIpc) is 2.46. The van der Waals surface area contributed by atoms with Crippen LogP contribution >= 0.6 is 0 Å². The number of hydrogen-bond acceptors (Lipinski definition) is 3. The Labute approximate surface area is 75.0 Å². The summed E-state index contributed by atoms with van der Waals surface area (Å²) in [5.74, 6) is -0.0619. The number of nitrogen functional groups attached to an aromatic ring is 1. The first kappa shape index (κ1) is 7.79. The standard InChI is InChI=1S/C9H9N3O/c1-6(13)12-5-11-8-3-2-7(10)4-9(8)12/h2-5H,10H2,1H3. The maximum Gasteiger partial charge on any atom is 0.229 e. The third-order valence-electron chi connectivity index (χ3n) is 1.91. The third kappa shape index (κ3) is 1.16. The van der Waals surface area contributed by atoms with Crippen molar-refractivity contribution in [1.29, 1.82) is 0 Å². The van der Waals surface area contributed by atoms with Gasteiger partial charge in [-0.1, -0.05) is 0 Å². The first-order valence-electron chi connectivity index (χ1n) is 3.92. The van der Waals surface area contributed by atoms with E-state index in [9.17, 15) is 4.79 Å². The minimum Gasteiger partial charge on any atom is -0.399 e. The molecule has 0 aliphatic carbocycles. The molecule has 0 spiro atoms. The van der Waals surface area contributed by atoms with Crippen molar-refractivity contribution in [3.05, 3.63) is 24.5 Å². The molecule has 0 fully saturated rings. The molecule has 2 aromatic rings. The van der Waals surface area contributed by atoms with Gasteiger partial charge in [0.15, 0.2) is 0 Å². The van der Waals surface area contributed by atoms with E-state index in [0.717, 1.165) is 11.0 Å². The lowest BCUT2D eigenvalue weighted by Crippen LogP contribution is -2.03. The molecule has 1 heterocycles. The lowest BCUT2D eigenvalue weighted by atomic mass is 10.3. The van der Waals surface area contributed by atoms with Crippen LogP contribution < -0.4 is 5.73 Å². The maximum absolute atomic E-state index is 11.1. The SMILES string of the molecule is CC(=O)n1cnc2ccc(N)cc21. The van der Waals surface area contributed by atoms with Crippen LogP contribution in [0.2, 0.25) is 0 Å². The number of fused-ring (bicyclic) bond motifs is 1. The van der Waals surface area contributed by atoms with E-state index < -0.39 is 0 Å². The summed E-state index contributed by atoms with van der Waals surface area (Å²) in [6.07, 6.45) is 1.51. The molecule has 1 aromatic carbocycles. The molecule has 0 bridgehead atoms. The minimum atomic E-state index is -0.0619.